The lowest BCUT2D eigenvalue weighted by Crippen LogP contribution is -2.39. The van der Waals surface area contributed by atoms with E-state index in [9.17, 15) is 14.4 Å². The maximum absolute atomic E-state index is 12.9. The number of benzene rings is 1. The fourth-order valence-electron chi connectivity index (χ4n) is 4.40. The number of hydrogen-bond donors (Lipinski definition) is 1. The van der Waals surface area contributed by atoms with Gasteiger partial charge in [0.25, 0.3) is 5.91 Å². The van der Waals surface area contributed by atoms with Gasteiger partial charge in [0, 0.05) is 17.1 Å². The van der Waals surface area contributed by atoms with Crippen LogP contribution in [0.3, 0.4) is 0 Å². The molecule has 0 aliphatic heterocycles. The Morgan fingerprint density at radius 2 is 2.04 bits per heavy atom. The molecule has 3 aliphatic carbocycles. The highest BCUT2D eigenvalue weighted by Crippen LogP contribution is 2.44. The van der Waals surface area contributed by atoms with Crippen LogP contribution >= 0.6 is 0 Å². The van der Waals surface area contributed by atoms with Gasteiger partial charge in [-0.15, -0.1) is 0 Å². The van der Waals surface area contributed by atoms with Crippen LogP contribution < -0.4 is 5.73 Å². The average molecular weight is 321 g/mol. The Morgan fingerprint density at radius 3 is 2.79 bits per heavy atom. The third-order valence-electron chi connectivity index (χ3n) is 5.59. The summed E-state index contributed by atoms with van der Waals surface area (Å²) in [7, 11) is 0. The maximum atomic E-state index is 12.9. The third kappa shape index (κ3) is 2.17. The summed E-state index contributed by atoms with van der Waals surface area (Å²) < 4.78 is 0. The number of ketones is 2. The molecule has 0 saturated heterocycles. The average Bonchev–Trinajstić information content (AvgIpc) is 2.53. The second kappa shape index (κ2) is 5.26. The molecule has 3 atom stereocenters. The summed E-state index contributed by atoms with van der Waals surface area (Å²) >= 11 is 0. The van der Waals surface area contributed by atoms with E-state index in [1.54, 1.807) is 6.08 Å². The van der Waals surface area contributed by atoms with E-state index in [-0.39, 0.29) is 34.9 Å². The van der Waals surface area contributed by atoms with Crippen LogP contribution in [0.4, 0.5) is 0 Å². The fourth-order valence-corrected chi connectivity index (χ4v) is 4.40. The van der Waals surface area contributed by atoms with Crippen molar-refractivity contribution in [2.24, 2.45) is 23.5 Å². The van der Waals surface area contributed by atoms with Gasteiger partial charge in [0.2, 0.25) is 0 Å². The van der Waals surface area contributed by atoms with Crippen molar-refractivity contribution in [3.8, 4) is 0 Å². The van der Waals surface area contributed by atoms with Gasteiger partial charge in [0.15, 0.2) is 11.6 Å². The van der Waals surface area contributed by atoms with Crippen molar-refractivity contribution in [3.63, 3.8) is 0 Å². The van der Waals surface area contributed by atoms with Crippen LogP contribution in [-0.4, -0.2) is 17.5 Å². The van der Waals surface area contributed by atoms with Gasteiger partial charge in [-0.2, -0.15) is 0 Å². The van der Waals surface area contributed by atoms with Gasteiger partial charge >= 0.3 is 0 Å². The molecular weight excluding hydrogens is 302 g/mol. The molecule has 122 valence electrons. The number of rotatable bonds is 1. The van der Waals surface area contributed by atoms with Gasteiger partial charge in [-0.05, 0) is 43.6 Å². The normalized spacial score (nSPS) is 28.3. The molecule has 3 unspecified atom stereocenters. The topological polar surface area (TPSA) is 77.2 Å². The van der Waals surface area contributed by atoms with Gasteiger partial charge in [-0.3, -0.25) is 14.4 Å². The van der Waals surface area contributed by atoms with Crippen LogP contribution in [-0.2, 0) is 16.0 Å². The van der Waals surface area contributed by atoms with Crippen LogP contribution in [0.15, 0.2) is 41.5 Å². The fraction of sp³-hybridized carbons (Fsp3) is 0.350. The molecule has 1 aromatic rings. The summed E-state index contributed by atoms with van der Waals surface area (Å²) in [5.41, 5.74) is 9.14. The van der Waals surface area contributed by atoms with Crippen LogP contribution in [0.5, 0.6) is 0 Å². The second-order valence-electron chi connectivity index (χ2n) is 7.12. The molecule has 0 spiro atoms. The highest BCUT2D eigenvalue weighted by molar-refractivity contribution is 6.21. The Bertz CT molecular complexity index is 846. The first-order valence-corrected chi connectivity index (χ1v) is 8.36. The van der Waals surface area contributed by atoms with Gasteiger partial charge in [0.05, 0.1) is 5.57 Å². The van der Waals surface area contributed by atoms with E-state index in [1.807, 2.05) is 25.1 Å². The molecule has 3 aliphatic rings. The first-order chi connectivity index (χ1) is 11.5. The molecule has 4 nitrogen and oxygen atoms in total. The number of hydrogen-bond acceptors (Lipinski definition) is 3. The van der Waals surface area contributed by atoms with Gasteiger partial charge in [-0.1, -0.05) is 35.9 Å². The summed E-state index contributed by atoms with van der Waals surface area (Å²) in [6, 6.07) is 5.92. The molecule has 0 heterocycles. The Balaban J connectivity index is 1.74. The largest absolute Gasteiger partial charge is 0.365 e. The molecule has 0 radical (unpaired) electrons. The number of carbonyl (C=O) groups excluding carboxylic acids is 3. The van der Waals surface area contributed by atoms with E-state index < -0.39 is 5.91 Å². The smallest absolute Gasteiger partial charge is 0.252 e. The number of aryl methyl sites for hydroxylation is 1. The van der Waals surface area contributed by atoms with E-state index >= 15 is 0 Å². The quantitative estimate of drug-likeness (QED) is 0.806. The summed E-state index contributed by atoms with van der Waals surface area (Å²) in [5.74, 6) is -0.928. The first-order valence-electron chi connectivity index (χ1n) is 8.36. The number of primary amides is 1. The Kier molecular flexibility index (Phi) is 3.30. The number of carbonyl (C=O) groups is 3. The van der Waals surface area contributed by atoms with Gasteiger partial charge in [-0.25, -0.2) is 0 Å². The van der Waals surface area contributed by atoms with Crippen LogP contribution in [0.2, 0.25) is 0 Å². The molecule has 0 saturated carbocycles. The van der Waals surface area contributed by atoms with Gasteiger partial charge < -0.3 is 5.73 Å². The standard InChI is InChI=1S/C20H19NO3/c1-10-2-4-14-12(6-10)8-13-7-11-3-5-15(20(21)24)19(23)16(11)9-17(13)18(14)22/h2,4-6,9,11,13,16H,3,7-8H2,1H3,(H2,21,24). The number of Topliss-reactive ketones (excluding diaryl/α,β-unsaturated/α-hetero) is 2. The zero-order valence-corrected chi connectivity index (χ0v) is 13.5. The molecular formula is C20H19NO3. The van der Waals surface area contributed by atoms with Crippen molar-refractivity contribution in [1.29, 1.82) is 0 Å². The van der Waals surface area contributed by atoms with Crippen LogP contribution in [0.1, 0.15) is 34.3 Å². The number of amides is 1. The second-order valence-corrected chi connectivity index (χ2v) is 7.12. The summed E-state index contributed by atoms with van der Waals surface area (Å²) in [4.78, 5) is 36.8. The van der Waals surface area contributed by atoms with Crippen molar-refractivity contribution in [3.05, 3.63) is 58.2 Å². The molecule has 0 aromatic heterocycles. The molecule has 24 heavy (non-hydrogen) atoms. The Labute approximate surface area is 140 Å². The van der Waals surface area contributed by atoms with Crippen molar-refractivity contribution < 1.29 is 14.4 Å². The van der Waals surface area contributed by atoms with Crippen LogP contribution in [0, 0.1) is 24.7 Å². The number of allylic oxidation sites excluding steroid dienone is 3. The van der Waals surface area contributed by atoms with E-state index in [0.717, 1.165) is 35.1 Å². The van der Waals surface area contributed by atoms with Crippen molar-refractivity contribution in [1.82, 2.24) is 0 Å². The monoisotopic (exact) mass is 321 g/mol. The van der Waals surface area contributed by atoms with E-state index in [2.05, 4.69) is 6.07 Å². The van der Waals surface area contributed by atoms with Crippen LogP contribution in [0.25, 0.3) is 0 Å². The molecule has 4 heteroatoms. The molecule has 0 fully saturated rings. The maximum Gasteiger partial charge on any atom is 0.252 e. The lowest BCUT2D eigenvalue weighted by molar-refractivity contribution is -0.124. The molecule has 1 aromatic carbocycles. The molecule has 1 amide bonds. The lowest BCUT2D eigenvalue weighted by atomic mass is 9.64. The van der Waals surface area contributed by atoms with E-state index in [4.69, 9.17) is 5.73 Å². The predicted octanol–water partition coefficient (Wildman–Crippen LogP) is 2.30. The highest BCUT2D eigenvalue weighted by atomic mass is 16.2. The molecule has 0 bridgehead atoms. The van der Waals surface area contributed by atoms with E-state index in [0.29, 0.717) is 6.42 Å². The summed E-state index contributed by atoms with van der Waals surface area (Å²) in [5, 5.41) is 0. The van der Waals surface area contributed by atoms with Gasteiger partial charge in [0.1, 0.15) is 0 Å². The minimum atomic E-state index is -0.672. The minimum Gasteiger partial charge on any atom is -0.365 e. The molecule has 2 N–H and O–H groups in total. The van der Waals surface area contributed by atoms with E-state index in [1.165, 1.54) is 0 Å². The zero-order chi connectivity index (χ0) is 17.0. The predicted molar refractivity (Wildman–Crippen MR) is 89.3 cm³/mol. The zero-order valence-electron chi connectivity index (χ0n) is 13.5. The minimum absolute atomic E-state index is 0.0303. The third-order valence-corrected chi connectivity index (χ3v) is 5.59. The molecule has 4 rings (SSSR count). The SMILES string of the molecule is Cc1ccc2c(c1)CC1CC3CC=C(C(N)=O)C(=O)C3C=C1C2=O. The summed E-state index contributed by atoms with van der Waals surface area (Å²) in [6.45, 7) is 2.03. The van der Waals surface area contributed by atoms with Crippen molar-refractivity contribution in [2.75, 3.05) is 0 Å². The lowest BCUT2D eigenvalue weighted by Gasteiger charge is -2.38. The number of fused-ring (bicyclic) bond motifs is 3. The van der Waals surface area contributed by atoms with Crippen molar-refractivity contribution in [2.45, 2.75) is 26.2 Å². The Morgan fingerprint density at radius 1 is 1.25 bits per heavy atom. The number of nitrogens with two attached hydrogens (primary N) is 1. The summed E-state index contributed by atoms with van der Waals surface area (Å²) in [6.07, 6.45) is 5.82. The highest BCUT2D eigenvalue weighted by Gasteiger charge is 2.42. The van der Waals surface area contributed by atoms with Crippen molar-refractivity contribution >= 4 is 17.5 Å². The first kappa shape index (κ1) is 15.1. The Hall–Kier alpha value is -2.49.